The molecule has 32 heavy (non-hydrogen) atoms. The number of methoxy groups -OCH3 is 3. The van der Waals surface area contributed by atoms with Crippen molar-refractivity contribution in [3.05, 3.63) is 60.0 Å². The first-order valence-electron chi connectivity index (χ1n) is 9.77. The van der Waals surface area contributed by atoms with Gasteiger partial charge in [0.25, 0.3) is 5.91 Å². The van der Waals surface area contributed by atoms with Crippen molar-refractivity contribution in [2.75, 3.05) is 27.9 Å². The maximum Gasteiger partial charge on any atom is 0.291 e. The largest absolute Gasteiger partial charge is 0.497 e. The molecular weight excluding hydrogens is 412 g/mol. The Labute approximate surface area is 186 Å². The molecule has 1 heterocycles. The zero-order valence-electron chi connectivity index (χ0n) is 18.3. The Kier molecular flexibility index (Phi) is 7.58. The fourth-order valence-corrected chi connectivity index (χ4v) is 2.85. The Morgan fingerprint density at radius 1 is 1.00 bits per heavy atom. The Morgan fingerprint density at radius 3 is 2.38 bits per heavy atom. The second kappa shape index (κ2) is 10.8. The minimum Gasteiger partial charge on any atom is -0.497 e. The average Bonchev–Trinajstić information content (AvgIpc) is 2.83. The lowest BCUT2D eigenvalue weighted by molar-refractivity contribution is 0.0950. The molecule has 9 heteroatoms. The number of carbonyl (C=O) groups is 1. The SMILES string of the molecule is CCOc1cc(OC)ccc1-c1cncc(C(=O)NN=Cc2cc(OC)cc(OC)c2)n1. The van der Waals surface area contributed by atoms with Gasteiger partial charge in [0.2, 0.25) is 0 Å². The summed E-state index contributed by atoms with van der Waals surface area (Å²) in [5, 5.41) is 4.00. The van der Waals surface area contributed by atoms with Crippen molar-refractivity contribution in [1.29, 1.82) is 0 Å². The third-order valence-corrected chi connectivity index (χ3v) is 4.39. The van der Waals surface area contributed by atoms with E-state index in [1.54, 1.807) is 57.9 Å². The molecule has 0 unspecified atom stereocenters. The van der Waals surface area contributed by atoms with Crippen LogP contribution >= 0.6 is 0 Å². The van der Waals surface area contributed by atoms with Gasteiger partial charge in [-0.2, -0.15) is 5.10 Å². The minimum atomic E-state index is -0.503. The molecule has 1 N–H and O–H groups in total. The Balaban J connectivity index is 1.78. The van der Waals surface area contributed by atoms with Crippen molar-refractivity contribution in [3.8, 4) is 34.3 Å². The van der Waals surface area contributed by atoms with Crippen molar-refractivity contribution in [2.24, 2.45) is 5.10 Å². The first-order chi connectivity index (χ1) is 15.6. The molecule has 0 aliphatic rings. The maximum absolute atomic E-state index is 12.5. The van der Waals surface area contributed by atoms with E-state index in [1.165, 1.54) is 12.4 Å². The molecule has 0 aliphatic heterocycles. The van der Waals surface area contributed by atoms with Crippen molar-refractivity contribution in [1.82, 2.24) is 15.4 Å². The highest BCUT2D eigenvalue weighted by atomic mass is 16.5. The number of rotatable bonds is 9. The highest BCUT2D eigenvalue weighted by Gasteiger charge is 2.13. The van der Waals surface area contributed by atoms with Crippen LogP contribution in [0.2, 0.25) is 0 Å². The lowest BCUT2D eigenvalue weighted by Crippen LogP contribution is -2.19. The van der Waals surface area contributed by atoms with Gasteiger partial charge in [-0.15, -0.1) is 0 Å². The van der Waals surface area contributed by atoms with E-state index < -0.39 is 5.91 Å². The molecule has 3 rings (SSSR count). The predicted octanol–water partition coefficient (Wildman–Crippen LogP) is 3.33. The molecule has 1 aromatic heterocycles. The molecule has 0 saturated heterocycles. The van der Waals surface area contributed by atoms with Crippen molar-refractivity contribution >= 4 is 12.1 Å². The summed E-state index contributed by atoms with van der Waals surface area (Å²) in [4.78, 5) is 21.1. The highest BCUT2D eigenvalue weighted by molar-refractivity contribution is 5.93. The lowest BCUT2D eigenvalue weighted by atomic mass is 10.1. The third-order valence-electron chi connectivity index (χ3n) is 4.39. The minimum absolute atomic E-state index is 0.112. The number of aromatic nitrogens is 2. The summed E-state index contributed by atoms with van der Waals surface area (Å²) in [5.41, 5.74) is 4.45. The Hall–Kier alpha value is -4.14. The smallest absolute Gasteiger partial charge is 0.291 e. The van der Waals surface area contributed by atoms with Crippen LogP contribution in [-0.4, -0.2) is 50.0 Å². The second-order valence-corrected chi connectivity index (χ2v) is 6.43. The van der Waals surface area contributed by atoms with Crippen LogP contribution < -0.4 is 24.4 Å². The topological polar surface area (TPSA) is 104 Å². The second-order valence-electron chi connectivity index (χ2n) is 6.43. The van der Waals surface area contributed by atoms with E-state index in [0.29, 0.717) is 46.4 Å². The zero-order chi connectivity index (χ0) is 22.9. The summed E-state index contributed by atoms with van der Waals surface area (Å²) in [5.74, 6) is 1.96. The predicted molar refractivity (Wildman–Crippen MR) is 120 cm³/mol. The van der Waals surface area contributed by atoms with Gasteiger partial charge in [0, 0.05) is 23.3 Å². The number of benzene rings is 2. The summed E-state index contributed by atoms with van der Waals surface area (Å²) in [6, 6.07) is 10.6. The molecule has 0 fully saturated rings. The highest BCUT2D eigenvalue weighted by Crippen LogP contribution is 2.32. The van der Waals surface area contributed by atoms with Gasteiger partial charge in [0.1, 0.15) is 28.7 Å². The van der Waals surface area contributed by atoms with Gasteiger partial charge in [-0.1, -0.05) is 0 Å². The number of hydrogen-bond donors (Lipinski definition) is 1. The monoisotopic (exact) mass is 436 g/mol. The van der Waals surface area contributed by atoms with Crippen LogP contribution in [0.25, 0.3) is 11.3 Å². The molecule has 166 valence electrons. The van der Waals surface area contributed by atoms with Crippen LogP contribution in [0.15, 0.2) is 53.9 Å². The van der Waals surface area contributed by atoms with Crippen molar-refractivity contribution < 1.29 is 23.7 Å². The number of nitrogens with zero attached hydrogens (tertiary/aromatic N) is 3. The van der Waals surface area contributed by atoms with Crippen molar-refractivity contribution in [3.63, 3.8) is 0 Å². The zero-order valence-corrected chi connectivity index (χ0v) is 18.3. The fraction of sp³-hybridized carbons (Fsp3) is 0.217. The van der Waals surface area contributed by atoms with Crippen LogP contribution in [-0.2, 0) is 0 Å². The van der Waals surface area contributed by atoms with Gasteiger partial charge >= 0.3 is 0 Å². The number of hydrogen-bond acceptors (Lipinski definition) is 8. The first kappa shape index (κ1) is 22.5. The van der Waals surface area contributed by atoms with Gasteiger partial charge in [-0.3, -0.25) is 9.78 Å². The summed E-state index contributed by atoms with van der Waals surface area (Å²) < 4.78 is 21.4. The molecule has 0 saturated carbocycles. The quantitative estimate of drug-likeness (QED) is 0.405. The first-order valence-corrected chi connectivity index (χ1v) is 9.77. The molecule has 0 bridgehead atoms. The molecule has 0 spiro atoms. The molecule has 0 atom stereocenters. The van der Waals surface area contributed by atoms with Crippen LogP contribution in [0.4, 0.5) is 0 Å². The van der Waals surface area contributed by atoms with Crippen LogP contribution in [0.1, 0.15) is 23.0 Å². The van der Waals surface area contributed by atoms with E-state index in [-0.39, 0.29) is 5.69 Å². The van der Waals surface area contributed by atoms with Crippen LogP contribution in [0.3, 0.4) is 0 Å². The van der Waals surface area contributed by atoms with E-state index in [2.05, 4.69) is 20.5 Å². The Bertz CT molecular complexity index is 1100. The van der Waals surface area contributed by atoms with Gasteiger partial charge in [-0.25, -0.2) is 10.4 Å². The van der Waals surface area contributed by atoms with Gasteiger partial charge < -0.3 is 18.9 Å². The number of nitrogens with one attached hydrogen (secondary N) is 1. The molecule has 2 aromatic carbocycles. The van der Waals surface area contributed by atoms with Crippen LogP contribution in [0.5, 0.6) is 23.0 Å². The summed E-state index contributed by atoms with van der Waals surface area (Å²) in [6.07, 6.45) is 4.41. The molecule has 3 aromatic rings. The molecule has 1 amide bonds. The van der Waals surface area contributed by atoms with Crippen molar-refractivity contribution in [2.45, 2.75) is 6.92 Å². The van der Waals surface area contributed by atoms with Gasteiger partial charge in [-0.05, 0) is 31.2 Å². The summed E-state index contributed by atoms with van der Waals surface area (Å²) in [6.45, 7) is 2.35. The molecular formula is C23H24N4O5. The van der Waals surface area contributed by atoms with E-state index >= 15 is 0 Å². The molecule has 0 radical (unpaired) electrons. The van der Waals surface area contributed by atoms with Gasteiger partial charge in [0.15, 0.2) is 0 Å². The number of carbonyl (C=O) groups excluding carboxylic acids is 1. The number of hydrazone groups is 1. The number of ether oxygens (including phenoxy) is 4. The van der Waals surface area contributed by atoms with E-state index in [0.717, 1.165) is 0 Å². The van der Waals surface area contributed by atoms with E-state index in [9.17, 15) is 4.79 Å². The van der Waals surface area contributed by atoms with Gasteiger partial charge in [0.05, 0.1) is 52.2 Å². The Morgan fingerprint density at radius 2 is 1.72 bits per heavy atom. The number of amides is 1. The maximum atomic E-state index is 12.5. The molecule has 9 nitrogen and oxygen atoms in total. The normalized spacial score (nSPS) is 10.6. The third kappa shape index (κ3) is 5.51. The van der Waals surface area contributed by atoms with E-state index in [4.69, 9.17) is 18.9 Å². The average molecular weight is 436 g/mol. The standard InChI is InChI=1S/C23H24N4O5/c1-5-32-22-11-16(29-2)6-7-19(22)20-13-24-14-21(26-20)23(28)27-25-12-15-8-17(30-3)10-18(9-15)31-4/h6-14H,5H2,1-4H3,(H,27,28). The lowest BCUT2D eigenvalue weighted by Gasteiger charge is -2.11. The van der Waals surface area contributed by atoms with E-state index in [1.807, 2.05) is 13.0 Å². The summed E-state index contributed by atoms with van der Waals surface area (Å²) >= 11 is 0. The van der Waals surface area contributed by atoms with Crippen LogP contribution in [0, 0.1) is 0 Å². The fourth-order valence-electron chi connectivity index (χ4n) is 2.85. The summed E-state index contributed by atoms with van der Waals surface area (Å²) in [7, 11) is 4.70. The molecule has 0 aliphatic carbocycles.